The van der Waals surface area contributed by atoms with Crippen molar-refractivity contribution in [2.24, 2.45) is 5.92 Å². The van der Waals surface area contributed by atoms with Crippen LogP contribution in [-0.2, 0) is 0 Å². The molecule has 26 heavy (non-hydrogen) atoms. The van der Waals surface area contributed by atoms with Gasteiger partial charge in [-0.2, -0.15) is 10.5 Å². The van der Waals surface area contributed by atoms with Gasteiger partial charge in [-0.15, -0.1) is 10.2 Å². The first-order chi connectivity index (χ1) is 12.7. The van der Waals surface area contributed by atoms with E-state index < -0.39 is 0 Å². The lowest BCUT2D eigenvalue weighted by Gasteiger charge is -2.18. The second kappa shape index (κ2) is 8.93. The van der Waals surface area contributed by atoms with Crippen molar-refractivity contribution in [2.45, 2.75) is 30.8 Å². The minimum absolute atomic E-state index is 0.181. The Kier molecular flexibility index (Phi) is 6.38. The Morgan fingerprint density at radius 3 is 2.73 bits per heavy atom. The zero-order valence-corrected chi connectivity index (χ0v) is 15.9. The molecular formula is C18H19ClN6S. The molecule has 134 valence electrons. The van der Waals surface area contributed by atoms with Gasteiger partial charge in [0.1, 0.15) is 0 Å². The molecule has 1 fully saturated rings. The Labute approximate surface area is 162 Å². The second-order valence-electron chi connectivity index (χ2n) is 6.13. The van der Waals surface area contributed by atoms with Crippen LogP contribution in [-0.4, -0.2) is 33.6 Å². The first kappa shape index (κ1) is 18.6. The minimum Gasteiger partial charge on any atom is -0.341 e. The normalized spacial score (nSPS) is 14.8. The lowest BCUT2D eigenvalue weighted by molar-refractivity contribution is 0.683. The van der Waals surface area contributed by atoms with Crippen LogP contribution in [0.4, 0.5) is 5.95 Å². The van der Waals surface area contributed by atoms with Crippen LogP contribution in [0.2, 0.25) is 5.02 Å². The summed E-state index contributed by atoms with van der Waals surface area (Å²) in [4.78, 5) is 2.23. The van der Waals surface area contributed by atoms with Crippen LogP contribution in [0, 0.1) is 28.6 Å². The monoisotopic (exact) mass is 386 g/mol. The summed E-state index contributed by atoms with van der Waals surface area (Å²) >= 11 is 7.68. The van der Waals surface area contributed by atoms with Gasteiger partial charge in [-0.25, -0.2) is 0 Å². The van der Waals surface area contributed by atoms with E-state index >= 15 is 0 Å². The smallest absolute Gasteiger partial charge is 0.232 e. The molecule has 0 amide bonds. The lowest BCUT2D eigenvalue weighted by atomic mass is 10.1. The van der Waals surface area contributed by atoms with Crippen LogP contribution in [0.25, 0.3) is 5.69 Å². The minimum atomic E-state index is -0.181. The van der Waals surface area contributed by atoms with Crippen LogP contribution < -0.4 is 4.90 Å². The molecule has 2 aromatic rings. The predicted octanol–water partition coefficient (Wildman–Crippen LogP) is 4.06. The first-order valence-corrected chi connectivity index (χ1v) is 9.95. The van der Waals surface area contributed by atoms with Gasteiger partial charge in [0.2, 0.25) is 5.95 Å². The Balaban J connectivity index is 1.88. The third-order valence-electron chi connectivity index (χ3n) is 4.27. The predicted molar refractivity (Wildman–Crippen MR) is 102 cm³/mol. The van der Waals surface area contributed by atoms with E-state index in [4.69, 9.17) is 16.9 Å². The molecule has 8 heteroatoms. The van der Waals surface area contributed by atoms with E-state index in [1.807, 2.05) is 28.8 Å². The number of rotatable bonds is 7. The van der Waals surface area contributed by atoms with Crippen LogP contribution >= 0.6 is 23.4 Å². The maximum absolute atomic E-state index is 9.29. The molecule has 0 bridgehead atoms. The van der Waals surface area contributed by atoms with E-state index in [2.05, 4.69) is 27.2 Å². The van der Waals surface area contributed by atoms with Crippen molar-refractivity contribution in [3.05, 3.63) is 29.3 Å². The average Bonchev–Trinajstić information content (AvgIpc) is 3.31. The topological polar surface area (TPSA) is 81.5 Å². The summed E-state index contributed by atoms with van der Waals surface area (Å²) in [5.74, 6) is 1.22. The highest BCUT2D eigenvalue weighted by atomic mass is 35.5. The van der Waals surface area contributed by atoms with Gasteiger partial charge >= 0.3 is 0 Å². The van der Waals surface area contributed by atoms with Gasteiger partial charge in [0.05, 0.1) is 23.7 Å². The quantitative estimate of drug-likeness (QED) is 0.667. The zero-order valence-electron chi connectivity index (χ0n) is 14.3. The van der Waals surface area contributed by atoms with Gasteiger partial charge in [-0.05, 0) is 37.5 Å². The van der Waals surface area contributed by atoms with Gasteiger partial charge in [-0.3, -0.25) is 4.57 Å². The number of halogens is 1. The summed E-state index contributed by atoms with van der Waals surface area (Å²) in [5.41, 5.74) is 0.914. The molecule has 0 spiro atoms. The molecule has 1 atom stereocenters. The fourth-order valence-corrected chi connectivity index (χ4v) is 4.11. The molecule has 3 rings (SSSR count). The van der Waals surface area contributed by atoms with Crippen molar-refractivity contribution >= 4 is 29.3 Å². The molecule has 1 aliphatic heterocycles. The molecule has 2 heterocycles. The van der Waals surface area contributed by atoms with E-state index in [9.17, 15) is 5.26 Å². The molecule has 1 aliphatic rings. The zero-order chi connectivity index (χ0) is 18.4. The average molecular weight is 387 g/mol. The Morgan fingerprint density at radius 2 is 2.04 bits per heavy atom. The highest BCUT2D eigenvalue weighted by Gasteiger charge is 2.23. The van der Waals surface area contributed by atoms with Gasteiger partial charge < -0.3 is 4.90 Å². The molecule has 0 radical (unpaired) electrons. The molecule has 0 aliphatic carbocycles. The molecule has 1 aromatic carbocycles. The third-order valence-corrected chi connectivity index (χ3v) is 5.60. The van der Waals surface area contributed by atoms with Crippen molar-refractivity contribution in [3.8, 4) is 17.8 Å². The number of hydrogen-bond donors (Lipinski definition) is 0. The Hall–Kier alpha value is -2.22. The first-order valence-electron chi connectivity index (χ1n) is 8.58. The number of benzene rings is 1. The van der Waals surface area contributed by atoms with Crippen molar-refractivity contribution in [1.82, 2.24) is 14.8 Å². The van der Waals surface area contributed by atoms with Crippen LogP contribution in [0.1, 0.15) is 25.7 Å². The summed E-state index contributed by atoms with van der Waals surface area (Å²) in [6, 6.07) is 12.0. The van der Waals surface area contributed by atoms with Gasteiger partial charge in [0.25, 0.3) is 0 Å². The fraction of sp³-hybridized carbons (Fsp3) is 0.444. The SMILES string of the molecule is N#CCCC(C#N)CSc1nnc(N2CCCC2)n1-c1cccc(Cl)c1. The summed E-state index contributed by atoms with van der Waals surface area (Å²) < 4.78 is 2.01. The molecule has 1 unspecified atom stereocenters. The number of thioether (sulfide) groups is 1. The largest absolute Gasteiger partial charge is 0.341 e. The number of aromatic nitrogens is 3. The third kappa shape index (κ3) is 4.30. The number of nitrogens with zero attached hydrogens (tertiary/aromatic N) is 6. The molecule has 1 saturated heterocycles. The van der Waals surface area contributed by atoms with Crippen molar-refractivity contribution in [1.29, 1.82) is 10.5 Å². The van der Waals surface area contributed by atoms with E-state index in [1.54, 1.807) is 0 Å². The number of nitriles is 2. The lowest BCUT2D eigenvalue weighted by Crippen LogP contribution is -2.22. The number of anilines is 1. The maximum Gasteiger partial charge on any atom is 0.232 e. The van der Waals surface area contributed by atoms with E-state index in [0.717, 1.165) is 42.7 Å². The van der Waals surface area contributed by atoms with Crippen LogP contribution in [0.15, 0.2) is 29.4 Å². The second-order valence-corrected chi connectivity index (χ2v) is 7.55. The molecule has 0 N–H and O–H groups in total. The fourth-order valence-electron chi connectivity index (χ4n) is 2.92. The summed E-state index contributed by atoms with van der Waals surface area (Å²) in [6.45, 7) is 1.93. The van der Waals surface area contributed by atoms with Crippen LogP contribution in [0.3, 0.4) is 0 Å². The van der Waals surface area contributed by atoms with Crippen molar-refractivity contribution < 1.29 is 0 Å². The van der Waals surface area contributed by atoms with Gasteiger partial charge in [0, 0.05) is 30.3 Å². The summed E-state index contributed by atoms with van der Waals surface area (Å²) in [6.07, 6.45) is 3.26. The standard InChI is InChI=1S/C18H19ClN6S/c19-15-6-3-7-16(11-15)25-17(24-9-1-2-10-24)22-23-18(25)26-13-14(12-21)5-4-8-20/h3,6-7,11,14H,1-2,4-5,9-10,13H2. The Morgan fingerprint density at radius 1 is 1.23 bits per heavy atom. The van der Waals surface area contributed by atoms with E-state index in [-0.39, 0.29) is 5.92 Å². The Bertz CT molecular complexity index is 831. The summed E-state index contributed by atoms with van der Waals surface area (Å²) in [7, 11) is 0. The van der Waals surface area contributed by atoms with Gasteiger partial charge in [-0.1, -0.05) is 29.4 Å². The number of hydrogen-bond acceptors (Lipinski definition) is 6. The molecular weight excluding hydrogens is 368 g/mol. The van der Waals surface area contributed by atoms with E-state index in [0.29, 0.717) is 23.6 Å². The van der Waals surface area contributed by atoms with Gasteiger partial charge in [0.15, 0.2) is 5.16 Å². The highest BCUT2D eigenvalue weighted by molar-refractivity contribution is 7.99. The molecule has 1 aromatic heterocycles. The van der Waals surface area contributed by atoms with Crippen LogP contribution in [0.5, 0.6) is 0 Å². The highest BCUT2D eigenvalue weighted by Crippen LogP contribution is 2.30. The molecule has 6 nitrogen and oxygen atoms in total. The van der Waals surface area contributed by atoms with Crippen molar-refractivity contribution in [3.63, 3.8) is 0 Å². The van der Waals surface area contributed by atoms with Crippen molar-refractivity contribution in [2.75, 3.05) is 23.7 Å². The maximum atomic E-state index is 9.29. The molecule has 0 saturated carbocycles. The summed E-state index contributed by atoms with van der Waals surface area (Å²) in [5, 5.41) is 28.2. The van der Waals surface area contributed by atoms with E-state index in [1.165, 1.54) is 11.8 Å².